The van der Waals surface area contributed by atoms with E-state index < -0.39 is 0 Å². The smallest absolute Gasteiger partial charge is 0.134 e. The van der Waals surface area contributed by atoms with Crippen molar-refractivity contribution < 1.29 is 0 Å². The average molecular weight is 347 g/mol. The molecule has 0 radical (unpaired) electrons. The van der Waals surface area contributed by atoms with Gasteiger partial charge in [0, 0.05) is 21.8 Å². The number of thiophene rings is 1. The number of halogens is 2. The van der Waals surface area contributed by atoms with E-state index in [9.17, 15) is 0 Å². The Morgan fingerprint density at radius 3 is 2.94 bits per heavy atom. The van der Waals surface area contributed by atoms with E-state index >= 15 is 0 Å². The standard InChI is InChI=1S/C12H13BrClN3S/c1-2-3-11-16-10(14)6-12(17-11)15-7-9-8(13)4-5-18-9/h4-6H,2-3,7H2,1H3,(H,15,16,17). The fourth-order valence-electron chi connectivity index (χ4n) is 1.51. The van der Waals surface area contributed by atoms with E-state index in [0.29, 0.717) is 5.15 Å². The van der Waals surface area contributed by atoms with Crippen LogP contribution < -0.4 is 5.32 Å². The topological polar surface area (TPSA) is 37.8 Å². The Hall–Kier alpha value is -0.650. The number of aromatic nitrogens is 2. The first-order valence-electron chi connectivity index (χ1n) is 5.68. The molecule has 0 aromatic carbocycles. The van der Waals surface area contributed by atoms with Gasteiger partial charge < -0.3 is 5.32 Å². The zero-order valence-corrected chi connectivity index (χ0v) is 13.1. The van der Waals surface area contributed by atoms with Gasteiger partial charge in [-0.15, -0.1) is 11.3 Å². The molecule has 0 bridgehead atoms. The lowest BCUT2D eigenvalue weighted by atomic mass is 10.3. The highest BCUT2D eigenvalue weighted by molar-refractivity contribution is 9.10. The lowest BCUT2D eigenvalue weighted by Gasteiger charge is -2.07. The Balaban J connectivity index is 2.07. The van der Waals surface area contributed by atoms with E-state index in [1.165, 1.54) is 4.88 Å². The summed E-state index contributed by atoms with van der Waals surface area (Å²) >= 11 is 11.2. The third-order valence-electron chi connectivity index (χ3n) is 2.34. The van der Waals surface area contributed by atoms with E-state index in [4.69, 9.17) is 11.6 Å². The molecule has 0 aliphatic rings. The molecule has 0 spiro atoms. The van der Waals surface area contributed by atoms with Gasteiger partial charge in [0.25, 0.3) is 0 Å². The zero-order valence-electron chi connectivity index (χ0n) is 9.91. The molecule has 0 saturated heterocycles. The van der Waals surface area contributed by atoms with Crippen molar-refractivity contribution in [3.05, 3.63) is 37.8 Å². The van der Waals surface area contributed by atoms with Crippen molar-refractivity contribution in [3.8, 4) is 0 Å². The molecule has 6 heteroatoms. The van der Waals surface area contributed by atoms with Gasteiger partial charge in [-0.1, -0.05) is 18.5 Å². The van der Waals surface area contributed by atoms with Gasteiger partial charge >= 0.3 is 0 Å². The van der Waals surface area contributed by atoms with Crippen molar-refractivity contribution in [1.82, 2.24) is 9.97 Å². The Kier molecular flexibility index (Phi) is 4.97. The van der Waals surface area contributed by atoms with Crippen LogP contribution in [0, 0.1) is 0 Å². The normalized spacial score (nSPS) is 10.6. The molecular weight excluding hydrogens is 334 g/mol. The van der Waals surface area contributed by atoms with Crippen molar-refractivity contribution in [2.45, 2.75) is 26.3 Å². The van der Waals surface area contributed by atoms with Gasteiger partial charge in [-0.2, -0.15) is 0 Å². The molecule has 0 saturated carbocycles. The molecule has 18 heavy (non-hydrogen) atoms. The lowest BCUT2D eigenvalue weighted by molar-refractivity contribution is 0.834. The second kappa shape index (κ2) is 6.50. The minimum Gasteiger partial charge on any atom is -0.365 e. The zero-order chi connectivity index (χ0) is 13.0. The Labute approximate surface area is 124 Å². The van der Waals surface area contributed by atoms with Gasteiger partial charge in [0.15, 0.2) is 0 Å². The van der Waals surface area contributed by atoms with Crippen LogP contribution in [0.1, 0.15) is 24.0 Å². The maximum absolute atomic E-state index is 5.98. The first-order chi connectivity index (χ1) is 8.69. The van der Waals surface area contributed by atoms with Crippen LogP contribution >= 0.6 is 38.9 Å². The van der Waals surface area contributed by atoms with Crippen LogP contribution in [0.4, 0.5) is 5.82 Å². The Morgan fingerprint density at radius 1 is 1.44 bits per heavy atom. The summed E-state index contributed by atoms with van der Waals surface area (Å²) in [5.41, 5.74) is 0. The number of nitrogens with zero attached hydrogens (tertiary/aromatic N) is 2. The van der Waals surface area contributed by atoms with Gasteiger partial charge in [0.2, 0.25) is 0 Å². The second-order valence-corrected chi connectivity index (χ2v) is 6.03. The van der Waals surface area contributed by atoms with Crippen molar-refractivity contribution >= 4 is 44.7 Å². The summed E-state index contributed by atoms with van der Waals surface area (Å²) in [5.74, 6) is 1.57. The third-order valence-corrected chi connectivity index (χ3v) is 4.46. The van der Waals surface area contributed by atoms with Crippen molar-refractivity contribution in [2.75, 3.05) is 5.32 Å². The second-order valence-electron chi connectivity index (χ2n) is 3.79. The van der Waals surface area contributed by atoms with Crippen LogP contribution in [0.3, 0.4) is 0 Å². The maximum Gasteiger partial charge on any atom is 0.134 e. The largest absolute Gasteiger partial charge is 0.365 e. The molecule has 2 aromatic rings. The average Bonchev–Trinajstić information content (AvgIpc) is 2.72. The number of aryl methyl sites for hydroxylation is 1. The molecule has 3 nitrogen and oxygen atoms in total. The summed E-state index contributed by atoms with van der Waals surface area (Å²) in [6.07, 6.45) is 1.86. The monoisotopic (exact) mass is 345 g/mol. The molecule has 0 atom stereocenters. The van der Waals surface area contributed by atoms with Crippen LogP contribution in [0.15, 0.2) is 22.0 Å². The molecule has 0 fully saturated rings. The SMILES string of the molecule is CCCc1nc(Cl)cc(NCc2sccc2Br)n1. The molecule has 1 N–H and O–H groups in total. The number of hydrogen-bond donors (Lipinski definition) is 1. The van der Waals surface area contributed by atoms with E-state index in [0.717, 1.165) is 35.5 Å². The van der Waals surface area contributed by atoms with Crippen LogP contribution in [0.25, 0.3) is 0 Å². The highest BCUT2D eigenvalue weighted by atomic mass is 79.9. The molecular formula is C12H13BrClN3S. The van der Waals surface area contributed by atoms with Crippen LogP contribution in [-0.4, -0.2) is 9.97 Å². The summed E-state index contributed by atoms with van der Waals surface area (Å²) in [6.45, 7) is 2.83. The number of hydrogen-bond acceptors (Lipinski definition) is 4. The molecule has 0 aliphatic heterocycles. The van der Waals surface area contributed by atoms with Gasteiger partial charge in [-0.05, 0) is 33.8 Å². The van der Waals surface area contributed by atoms with E-state index in [1.807, 2.05) is 6.07 Å². The summed E-state index contributed by atoms with van der Waals surface area (Å²) in [7, 11) is 0. The van der Waals surface area contributed by atoms with Crippen LogP contribution in [0.2, 0.25) is 5.15 Å². The summed E-state index contributed by atoms with van der Waals surface area (Å²) in [5, 5.41) is 5.81. The first kappa shape index (κ1) is 13.8. The minimum absolute atomic E-state index is 0.487. The summed E-state index contributed by atoms with van der Waals surface area (Å²) in [4.78, 5) is 9.87. The predicted molar refractivity (Wildman–Crippen MR) is 80.4 cm³/mol. The summed E-state index contributed by atoms with van der Waals surface area (Å²) < 4.78 is 1.12. The van der Waals surface area contributed by atoms with Crippen LogP contribution in [0.5, 0.6) is 0 Å². The van der Waals surface area contributed by atoms with Crippen LogP contribution in [-0.2, 0) is 13.0 Å². The molecule has 2 rings (SSSR count). The van der Waals surface area contributed by atoms with Gasteiger partial charge in [-0.25, -0.2) is 9.97 Å². The van der Waals surface area contributed by atoms with Crippen molar-refractivity contribution in [2.24, 2.45) is 0 Å². The number of rotatable bonds is 5. The van der Waals surface area contributed by atoms with Crippen molar-refractivity contribution in [1.29, 1.82) is 0 Å². The highest BCUT2D eigenvalue weighted by Gasteiger charge is 2.05. The fraction of sp³-hybridized carbons (Fsp3) is 0.333. The third kappa shape index (κ3) is 3.67. The maximum atomic E-state index is 5.98. The molecule has 0 aliphatic carbocycles. The Morgan fingerprint density at radius 2 is 2.28 bits per heavy atom. The van der Waals surface area contributed by atoms with Gasteiger partial charge in [0.1, 0.15) is 16.8 Å². The van der Waals surface area contributed by atoms with E-state index in [1.54, 1.807) is 17.4 Å². The molecule has 2 heterocycles. The minimum atomic E-state index is 0.487. The molecule has 0 unspecified atom stereocenters. The van der Waals surface area contributed by atoms with Gasteiger partial charge in [-0.3, -0.25) is 0 Å². The quantitative estimate of drug-likeness (QED) is 0.809. The van der Waals surface area contributed by atoms with Gasteiger partial charge in [0.05, 0.1) is 6.54 Å². The van der Waals surface area contributed by atoms with Crippen molar-refractivity contribution in [3.63, 3.8) is 0 Å². The first-order valence-corrected chi connectivity index (χ1v) is 7.73. The van der Waals surface area contributed by atoms with E-state index in [-0.39, 0.29) is 0 Å². The van der Waals surface area contributed by atoms with E-state index in [2.05, 4.69) is 43.5 Å². The predicted octanol–water partition coefficient (Wildman–Crippen LogP) is 4.52. The molecule has 96 valence electrons. The highest BCUT2D eigenvalue weighted by Crippen LogP contribution is 2.23. The summed E-state index contributed by atoms with van der Waals surface area (Å²) in [6, 6.07) is 3.79. The Bertz CT molecular complexity index is 530. The number of anilines is 1. The fourth-order valence-corrected chi connectivity index (χ4v) is 3.15. The molecule has 2 aromatic heterocycles. The lowest BCUT2D eigenvalue weighted by Crippen LogP contribution is -2.04. The number of nitrogens with one attached hydrogen (secondary N) is 1. The molecule has 0 amide bonds.